The zero-order valence-electron chi connectivity index (χ0n) is 16.5. The lowest BCUT2D eigenvalue weighted by Crippen LogP contribution is -2.40. The molecule has 0 radical (unpaired) electrons. The van der Waals surface area contributed by atoms with Crippen molar-refractivity contribution in [3.8, 4) is 0 Å². The van der Waals surface area contributed by atoms with Gasteiger partial charge in [0.2, 0.25) is 0 Å². The van der Waals surface area contributed by atoms with Gasteiger partial charge in [0.1, 0.15) is 0 Å². The number of rotatable bonds is 3. The van der Waals surface area contributed by atoms with Crippen LogP contribution in [-0.4, -0.2) is 24.5 Å². The number of hydrogen-bond donors (Lipinski definition) is 1. The molecule has 134 valence electrons. The summed E-state index contributed by atoms with van der Waals surface area (Å²) in [5, 5.41) is 3.43. The second-order valence-electron chi connectivity index (χ2n) is 6.20. The van der Waals surface area contributed by atoms with E-state index in [2.05, 4.69) is 62.1 Å². The SMILES string of the molecule is C=CC.CC.CCC1c2cccc3c2C(=CNC3)CC1N(C)CC. The molecule has 0 saturated heterocycles. The van der Waals surface area contributed by atoms with Crippen LogP contribution >= 0.6 is 0 Å². The second kappa shape index (κ2) is 10.4. The number of benzene rings is 1. The van der Waals surface area contributed by atoms with Crippen molar-refractivity contribution >= 4 is 5.57 Å². The summed E-state index contributed by atoms with van der Waals surface area (Å²) in [5.41, 5.74) is 6.11. The number of likely N-dealkylation sites (N-methyl/N-ethyl adjacent to an activating group) is 1. The fourth-order valence-corrected chi connectivity index (χ4v) is 3.75. The summed E-state index contributed by atoms with van der Waals surface area (Å²) in [7, 11) is 2.26. The molecule has 0 aromatic heterocycles. The first-order chi connectivity index (χ1) is 11.7. The van der Waals surface area contributed by atoms with E-state index in [0.29, 0.717) is 12.0 Å². The molecule has 1 aliphatic carbocycles. The van der Waals surface area contributed by atoms with Crippen LogP contribution in [0.4, 0.5) is 0 Å². The quantitative estimate of drug-likeness (QED) is 0.730. The number of hydrogen-bond acceptors (Lipinski definition) is 2. The molecule has 1 aromatic rings. The molecule has 2 aliphatic rings. The zero-order chi connectivity index (χ0) is 18.1. The van der Waals surface area contributed by atoms with E-state index in [1.165, 1.54) is 24.0 Å². The van der Waals surface area contributed by atoms with Crippen LogP contribution in [0.5, 0.6) is 0 Å². The third-order valence-electron chi connectivity index (χ3n) is 4.87. The third kappa shape index (κ3) is 4.30. The first-order valence-electron chi connectivity index (χ1n) is 9.49. The largest absolute Gasteiger partial charge is 0.387 e. The molecule has 1 N–H and O–H groups in total. The Morgan fingerprint density at radius 3 is 2.54 bits per heavy atom. The standard InChI is InChI=1S/C17H24N2.C3H6.C2H6/c1-4-14-15-8-6-7-12-10-18-11-13(17(12)15)9-16(14)19(3)5-2;1-3-2;1-2/h6-8,11,14,16,18H,4-5,9-10H2,1-3H3;3H,1H2,2H3;1-2H3. The molecule has 1 heterocycles. The van der Waals surface area contributed by atoms with Gasteiger partial charge < -0.3 is 10.2 Å². The molecule has 2 nitrogen and oxygen atoms in total. The Labute approximate surface area is 149 Å². The number of nitrogens with one attached hydrogen (secondary N) is 1. The third-order valence-corrected chi connectivity index (χ3v) is 4.87. The molecule has 1 aliphatic heterocycles. The molecule has 1 aromatic carbocycles. The van der Waals surface area contributed by atoms with Crippen LogP contribution in [0.1, 0.15) is 70.1 Å². The van der Waals surface area contributed by atoms with Gasteiger partial charge in [-0.15, -0.1) is 6.58 Å². The van der Waals surface area contributed by atoms with E-state index in [-0.39, 0.29) is 0 Å². The van der Waals surface area contributed by atoms with Gasteiger partial charge in [0.15, 0.2) is 0 Å². The van der Waals surface area contributed by atoms with Crippen LogP contribution in [0.2, 0.25) is 0 Å². The normalized spacial score (nSPS) is 20.4. The van der Waals surface area contributed by atoms with E-state index in [9.17, 15) is 0 Å². The molecule has 2 heteroatoms. The van der Waals surface area contributed by atoms with Crippen molar-refractivity contribution in [1.29, 1.82) is 0 Å². The van der Waals surface area contributed by atoms with Crippen LogP contribution in [-0.2, 0) is 6.54 Å². The maximum atomic E-state index is 3.43. The summed E-state index contributed by atoms with van der Waals surface area (Å²) in [6, 6.07) is 7.50. The summed E-state index contributed by atoms with van der Waals surface area (Å²) in [6.07, 6.45) is 6.40. The Hall–Kier alpha value is -1.54. The van der Waals surface area contributed by atoms with Crippen LogP contribution < -0.4 is 5.32 Å². The van der Waals surface area contributed by atoms with Gasteiger partial charge >= 0.3 is 0 Å². The highest BCUT2D eigenvalue weighted by atomic mass is 15.1. The van der Waals surface area contributed by atoms with E-state index < -0.39 is 0 Å². The minimum absolute atomic E-state index is 0.642. The van der Waals surface area contributed by atoms with Crippen molar-refractivity contribution in [3.63, 3.8) is 0 Å². The highest BCUT2D eigenvalue weighted by Gasteiger charge is 2.34. The maximum Gasteiger partial charge on any atom is 0.0401 e. The molecule has 0 saturated carbocycles. The van der Waals surface area contributed by atoms with E-state index in [1.54, 1.807) is 17.2 Å². The Bertz CT molecular complexity index is 545. The molecular weight excluding hydrogens is 292 g/mol. The van der Waals surface area contributed by atoms with Crippen molar-refractivity contribution in [2.75, 3.05) is 13.6 Å². The highest BCUT2D eigenvalue weighted by Crippen LogP contribution is 2.44. The number of nitrogens with zero attached hydrogens (tertiary/aromatic N) is 1. The van der Waals surface area contributed by atoms with E-state index in [0.717, 1.165) is 13.1 Å². The lowest BCUT2D eigenvalue weighted by molar-refractivity contribution is 0.214. The monoisotopic (exact) mass is 328 g/mol. The fourth-order valence-electron chi connectivity index (χ4n) is 3.75. The molecule has 0 spiro atoms. The Kier molecular flexibility index (Phi) is 8.84. The zero-order valence-corrected chi connectivity index (χ0v) is 16.5. The van der Waals surface area contributed by atoms with Crippen molar-refractivity contribution < 1.29 is 0 Å². The minimum Gasteiger partial charge on any atom is -0.387 e. The summed E-state index contributed by atoms with van der Waals surface area (Å²) >= 11 is 0. The lowest BCUT2D eigenvalue weighted by Gasteiger charge is -2.41. The first kappa shape index (κ1) is 20.5. The van der Waals surface area contributed by atoms with Crippen molar-refractivity contribution in [3.05, 3.63) is 53.7 Å². The molecule has 24 heavy (non-hydrogen) atoms. The van der Waals surface area contributed by atoms with Gasteiger partial charge in [0.05, 0.1) is 0 Å². The van der Waals surface area contributed by atoms with E-state index >= 15 is 0 Å². The van der Waals surface area contributed by atoms with Crippen LogP contribution in [0.25, 0.3) is 5.57 Å². The Morgan fingerprint density at radius 2 is 1.96 bits per heavy atom. The average Bonchev–Trinajstić information content (AvgIpc) is 2.63. The van der Waals surface area contributed by atoms with Crippen LogP contribution in [0, 0.1) is 0 Å². The summed E-state index contributed by atoms with van der Waals surface area (Å²) in [6.45, 7) is 15.9. The van der Waals surface area contributed by atoms with E-state index in [4.69, 9.17) is 0 Å². The Balaban J connectivity index is 0.000000521. The van der Waals surface area contributed by atoms with Gasteiger partial charge in [-0.05, 0) is 55.6 Å². The molecular formula is C22H36N2. The first-order valence-corrected chi connectivity index (χ1v) is 9.49. The average molecular weight is 329 g/mol. The smallest absolute Gasteiger partial charge is 0.0401 e. The predicted molar refractivity (Wildman–Crippen MR) is 108 cm³/mol. The van der Waals surface area contributed by atoms with E-state index in [1.807, 2.05) is 20.8 Å². The fraction of sp³-hybridized carbons (Fsp3) is 0.545. The molecule has 3 rings (SSSR count). The van der Waals surface area contributed by atoms with Crippen LogP contribution in [0.15, 0.2) is 37.1 Å². The highest BCUT2D eigenvalue weighted by molar-refractivity contribution is 5.75. The maximum absolute atomic E-state index is 3.43. The minimum atomic E-state index is 0.642. The van der Waals surface area contributed by atoms with Crippen molar-refractivity contribution in [1.82, 2.24) is 10.2 Å². The summed E-state index contributed by atoms with van der Waals surface area (Å²) in [5.74, 6) is 0.676. The van der Waals surface area contributed by atoms with Crippen molar-refractivity contribution in [2.45, 2.75) is 66.0 Å². The van der Waals surface area contributed by atoms with Gasteiger partial charge in [-0.1, -0.05) is 52.0 Å². The molecule has 0 amide bonds. The second-order valence-corrected chi connectivity index (χ2v) is 6.20. The predicted octanol–water partition coefficient (Wildman–Crippen LogP) is 5.57. The van der Waals surface area contributed by atoms with Crippen molar-refractivity contribution in [2.24, 2.45) is 0 Å². The molecule has 2 unspecified atom stereocenters. The number of allylic oxidation sites excluding steroid dienone is 1. The van der Waals surface area contributed by atoms with Gasteiger partial charge in [-0.3, -0.25) is 0 Å². The van der Waals surface area contributed by atoms with Crippen LogP contribution in [0.3, 0.4) is 0 Å². The van der Waals surface area contributed by atoms with Gasteiger partial charge in [-0.2, -0.15) is 0 Å². The van der Waals surface area contributed by atoms with Gasteiger partial charge in [0, 0.05) is 24.7 Å². The summed E-state index contributed by atoms with van der Waals surface area (Å²) < 4.78 is 0. The molecule has 0 bridgehead atoms. The topological polar surface area (TPSA) is 15.3 Å². The molecule has 2 atom stereocenters. The Morgan fingerprint density at radius 1 is 1.29 bits per heavy atom. The van der Waals surface area contributed by atoms with Gasteiger partial charge in [0.25, 0.3) is 0 Å². The molecule has 0 fully saturated rings. The van der Waals surface area contributed by atoms with Gasteiger partial charge in [-0.25, -0.2) is 0 Å². The summed E-state index contributed by atoms with van der Waals surface area (Å²) in [4.78, 5) is 2.51. The lowest BCUT2D eigenvalue weighted by atomic mass is 9.73.